The lowest BCUT2D eigenvalue weighted by Gasteiger charge is -2.06. The van der Waals surface area contributed by atoms with Crippen molar-refractivity contribution < 1.29 is 26.7 Å². The minimum absolute atomic E-state index is 0.126. The van der Waals surface area contributed by atoms with Crippen molar-refractivity contribution in [3.63, 3.8) is 0 Å². The van der Waals surface area contributed by atoms with Crippen LogP contribution in [-0.2, 0) is 0 Å². The average molecular weight is 245 g/mol. The number of halogens is 6. The molecule has 0 aromatic heterocycles. The number of benzene rings is 1. The minimum Gasteiger partial charge on any atom is -0.284 e. The maximum atomic E-state index is 12.8. The predicted molar refractivity (Wildman–Crippen MR) is 41.8 cm³/mol. The third kappa shape index (κ3) is 2.44. The Labute approximate surface area is 85.5 Å². The van der Waals surface area contributed by atoms with Crippen LogP contribution in [0.3, 0.4) is 0 Å². The molecular weight excluding hydrogens is 243 g/mol. The molecule has 1 nitrogen and oxygen atoms in total. The number of Topliss-reactive ketones (excluding diaryl/α,β-unsaturated/α-hetero) is 1. The quantitative estimate of drug-likeness (QED) is 0.421. The van der Waals surface area contributed by atoms with Crippen molar-refractivity contribution >= 4 is 17.4 Å². The molecule has 0 aliphatic heterocycles. The topological polar surface area (TPSA) is 17.1 Å². The van der Waals surface area contributed by atoms with E-state index >= 15 is 0 Å². The van der Waals surface area contributed by atoms with Crippen molar-refractivity contribution in [2.45, 2.75) is 6.18 Å². The molecule has 0 N–H and O–H groups in total. The Kier molecular flexibility index (Phi) is 2.99. The second-order valence-corrected chi connectivity index (χ2v) is 2.98. The fourth-order valence-corrected chi connectivity index (χ4v) is 1.01. The smallest absolute Gasteiger partial charge is 0.284 e. The fourth-order valence-electron chi connectivity index (χ4n) is 0.849. The van der Waals surface area contributed by atoms with Gasteiger partial charge < -0.3 is 0 Å². The van der Waals surface area contributed by atoms with Crippen LogP contribution < -0.4 is 0 Å². The van der Waals surface area contributed by atoms with E-state index in [1.807, 2.05) is 0 Å². The van der Waals surface area contributed by atoms with Crippen LogP contribution in [0, 0.1) is 11.6 Å². The Hall–Kier alpha value is -1.17. The number of rotatable bonds is 1. The van der Waals surface area contributed by atoms with Crippen LogP contribution in [0.15, 0.2) is 12.1 Å². The van der Waals surface area contributed by atoms with Gasteiger partial charge in [0.1, 0.15) is 11.6 Å². The third-order valence-corrected chi connectivity index (χ3v) is 1.80. The first-order chi connectivity index (χ1) is 6.73. The lowest BCUT2D eigenvalue weighted by atomic mass is 10.1. The molecule has 0 fully saturated rings. The van der Waals surface area contributed by atoms with Crippen LogP contribution in [0.5, 0.6) is 0 Å². The zero-order valence-corrected chi connectivity index (χ0v) is 7.59. The van der Waals surface area contributed by atoms with E-state index in [4.69, 9.17) is 11.6 Å². The van der Waals surface area contributed by atoms with E-state index in [9.17, 15) is 26.7 Å². The molecule has 7 heteroatoms. The van der Waals surface area contributed by atoms with Crippen LogP contribution in [0.2, 0.25) is 5.02 Å². The molecule has 0 saturated carbocycles. The van der Waals surface area contributed by atoms with Crippen molar-refractivity contribution in [3.8, 4) is 0 Å². The second kappa shape index (κ2) is 3.77. The van der Waals surface area contributed by atoms with Gasteiger partial charge >= 0.3 is 6.18 Å². The lowest BCUT2D eigenvalue weighted by Crippen LogP contribution is -2.24. The monoisotopic (exact) mass is 244 g/mol. The van der Waals surface area contributed by atoms with Crippen LogP contribution in [-0.4, -0.2) is 12.0 Å². The summed E-state index contributed by atoms with van der Waals surface area (Å²) in [6.07, 6.45) is -5.22. The van der Waals surface area contributed by atoms with Gasteiger partial charge in [0.25, 0.3) is 5.78 Å². The van der Waals surface area contributed by atoms with Gasteiger partial charge in [-0.25, -0.2) is 8.78 Å². The summed E-state index contributed by atoms with van der Waals surface area (Å²) in [6, 6.07) is 0.434. The van der Waals surface area contributed by atoms with Gasteiger partial charge in [-0.15, -0.1) is 0 Å². The Bertz CT molecular complexity index is 412. The van der Waals surface area contributed by atoms with Gasteiger partial charge in [0.05, 0.1) is 10.6 Å². The normalized spacial score (nSPS) is 11.6. The molecule has 0 amide bonds. The van der Waals surface area contributed by atoms with Crippen molar-refractivity contribution in [3.05, 3.63) is 34.4 Å². The summed E-state index contributed by atoms with van der Waals surface area (Å²) in [7, 11) is 0. The molecule has 1 aromatic rings. The van der Waals surface area contributed by atoms with E-state index in [2.05, 4.69) is 0 Å². The van der Waals surface area contributed by atoms with Crippen LogP contribution in [0.25, 0.3) is 0 Å². The number of carbonyl (C=O) groups excluding carboxylic acids is 1. The van der Waals surface area contributed by atoms with Crippen molar-refractivity contribution in [2.75, 3.05) is 0 Å². The standard InChI is InChI=1S/C8H2ClF5O/c9-4-1-3(5(10)2-6(4)11)7(15)8(12,13)14/h1-2H. The van der Waals surface area contributed by atoms with Gasteiger partial charge in [-0.1, -0.05) is 11.6 Å². The first-order valence-electron chi connectivity index (χ1n) is 3.49. The number of ketones is 1. The van der Waals surface area contributed by atoms with Crippen LogP contribution in [0.1, 0.15) is 10.4 Å². The van der Waals surface area contributed by atoms with Crippen molar-refractivity contribution in [1.29, 1.82) is 0 Å². The molecule has 0 aliphatic carbocycles. The highest BCUT2D eigenvalue weighted by atomic mass is 35.5. The van der Waals surface area contributed by atoms with Gasteiger partial charge in [-0.05, 0) is 6.07 Å². The summed E-state index contributed by atoms with van der Waals surface area (Å²) in [5, 5.41) is -0.746. The molecule has 0 bridgehead atoms. The molecule has 0 unspecified atom stereocenters. The van der Waals surface area contributed by atoms with Gasteiger partial charge in [0.15, 0.2) is 0 Å². The Balaban J connectivity index is 3.28. The van der Waals surface area contributed by atoms with Crippen molar-refractivity contribution in [1.82, 2.24) is 0 Å². The van der Waals surface area contributed by atoms with Crippen molar-refractivity contribution in [2.24, 2.45) is 0 Å². The Morgan fingerprint density at radius 2 is 1.67 bits per heavy atom. The molecule has 82 valence electrons. The molecule has 15 heavy (non-hydrogen) atoms. The van der Waals surface area contributed by atoms with E-state index < -0.39 is 34.2 Å². The first kappa shape index (κ1) is 11.9. The summed E-state index contributed by atoms with van der Waals surface area (Å²) < 4.78 is 61.0. The molecule has 0 heterocycles. The molecule has 0 aliphatic rings. The maximum absolute atomic E-state index is 12.8. The first-order valence-corrected chi connectivity index (χ1v) is 3.87. The zero-order chi connectivity index (χ0) is 11.8. The van der Waals surface area contributed by atoms with Gasteiger partial charge in [-0.3, -0.25) is 4.79 Å². The largest absolute Gasteiger partial charge is 0.454 e. The molecule has 0 atom stereocenters. The fraction of sp³-hybridized carbons (Fsp3) is 0.125. The molecule has 0 saturated heterocycles. The maximum Gasteiger partial charge on any atom is 0.454 e. The van der Waals surface area contributed by atoms with Gasteiger partial charge in [0.2, 0.25) is 0 Å². The molecule has 1 rings (SSSR count). The highest BCUT2D eigenvalue weighted by Crippen LogP contribution is 2.26. The summed E-state index contributed by atoms with van der Waals surface area (Å²) >= 11 is 5.12. The van der Waals surface area contributed by atoms with Gasteiger partial charge in [0, 0.05) is 6.07 Å². The zero-order valence-electron chi connectivity index (χ0n) is 6.83. The number of hydrogen-bond acceptors (Lipinski definition) is 1. The van der Waals surface area contributed by atoms with E-state index in [1.165, 1.54) is 0 Å². The minimum atomic E-state index is -5.22. The lowest BCUT2D eigenvalue weighted by molar-refractivity contribution is -0.0887. The molecule has 0 spiro atoms. The van der Waals surface area contributed by atoms with E-state index in [0.29, 0.717) is 6.07 Å². The summed E-state index contributed by atoms with van der Waals surface area (Å²) in [4.78, 5) is 10.6. The predicted octanol–water partition coefficient (Wildman–Crippen LogP) is 3.36. The van der Waals surface area contributed by atoms with E-state index in [0.717, 1.165) is 0 Å². The average Bonchev–Trinajstić information content (AvgIpc) is 2.08. The highest BCUT2D eigenvalue weighted by molar-refractivity contribution is 6.31. The van der Waals surface area contributed by atoms with E-state index in [-0.39, 0.29) is 6.07 Å². The summed E-state index contributed by atoms with van der Waals surface area (Å²) in [5.41, 5.74) is -1.30. The molecule has 1 aromatic carbocycles. The highest BCUT2D eigenvalue weighted by Gasteiger charge is 2.41. The van der Waals surface area contributed by atoms with Gasteiger partial charge in [-0.2, -0.15) is 13.2 Å². The molecule has 0 radical (unpaired) electrons. The SMILES string of the molecule is O=C(c1cc(Cl)c(F)cc1F)C(F)(F)F. The number of carbonyl (C=O) groups is 1. The Morgan fingerprint density at radius 3 is 2.13 bits per heavy atom. The Morgan fingerprint density at radius 1 is 1.13 bits per heavy atom. The number of hydrogen-bond donors (Lipinski definition) is 0. The number of alkyl halides is 3. The third-order valence-electron chi connectivity index (χ3n) is 1.51. The van der Waals surface area contributed by atoms with Crippen LogP contribution >= 0.6 is 11.6 Å². The summed E-state index contributed by atoms with van der Waals surface area (Å²) in [5.74, 6) is -5.23. The second-order valence-electron chi connectivity index (χ2n) is 2.57. The molecular formula is C8H2ClF5O. The van der Waals surface area contributed by atoms with Crippen LogP contribution in [0.4, 0.5) is 22.0 Å². The summed E-state index contributed by atoms with van der Waals surface area (Å²) in [6.45, 7) is 0. The van der Waals surface area contributed by atoms with E-state index in [1.54, 1.807) is 0 Å².